The highest BCUT2D eigenvalue weighted by Gasteiger charge is 2.21. The Hall–Kier alpha value is -2.47. The molecule has 0 fully saturated rings. The van der Waals surface area contributed by atoms with Crippen LogP contribution in [-0.2, 0) is 12.8 Å². The number of carbonyl (C=O) groups is 1. The number of amides is 1. The van der Waals surface area contributed by atoms with E-state index in [1.165, 1.54) is 16.2 Å². The van der Waals surface area contributed by atoms with Crippen LogP contribution >= 0.6 is 11.3 Å². The van der Waals surface area contributed by atoms with Crippen molar-refractivity contribution in [3.05, 3.63) is 56.9 Å². The van der Waals surface area contributed by atoms with Crippen molar-refractivity contribution in [1.29, 1.82) is 0 Å². The number of aromatic nitrogens is 1. The molecule has 1 N–H and O–H groups in total. The maximum Gasteiger partial charge on any atom is 0.349 e. The molecule has 0 saturated carbocycles. The topological polar surface area (TPSA) is 72.2 Å². The van der Waals surface area contributed by atoms with E-state index in [0.29, 0.717) is 16.6 Å². The van der Waals surface area contributed by atoms with Gasteiger partial charge in [-0.3, -0.25) is 10.1 Å². The fraction of sp³-hybridized carbons (Fsp3) is 0.278. The van der Waals surface area contributed by atoms with Crippen molar-refractivity contribution >= 4 is 33.3 Å². The number of benzene rings is 1. The average Bonchev–Trinajstić information content (AvgIpc) is 2.95. The first kappa shape index (κ1) is 15.1. The molecule has 1 aliphatic rings. The molecule has 122 valence electrons. The first-order valence-corrected chi connectivity index (χ1v) is 8.74. The molecule has 1 unspecified atom stereocenters. The van der Waals surface area contributed by atoms with Crippen LogP contribution < -0.4 is 10.9 Å². The minimum atomic E-state index is -0.638. The Labute approximate surface area is 142 Å². The highest BCUT2D eigenvalue weighted by Crippen LogP contribution is 2.32. The molecule has 3 aromatic rings. The summed E-state index contributed by atoms with van der Waals surface area (Å²) in [7, 11) is 0. The molecule has 0 radical (unpaired) electrons. The zero-order chi connectivity index (χ0) is 16.7. The highest BCUT2D eigenvalue weighted by atomic mass is 32.1. The number of thiazole rings is 1. The first-order valence-electron chi connectivity index (χ1n) is 7.93. The van der Waals surface area contributed by atoms with Gasteiger partial charge in [0.25, 0.3) is 5.91 Å². The van der Waals surface area contributed by atoms with Crippen LogP contribution in [0, 0.1) is 5.92 Å². The number of fused-ring (bicyclic) bond motifs is 2. The predicted molar refractivity (Wildman–Crippen MR) is 93.7 cm³/mol. The van der Waals surface area contributed by atoms with Crippen molar-refractivity contribution in [2.75, 3.05) is 5.32 Å². The summed E-state index contributed by atoms with van der Waals surface area (Å²) in [6.45, 7) is 2.22. The number of rotatable bonds is 2. The van der Waals surface area contributed by atoms with E-state index in [-0.39, 0.29) is 5.56 Å². The fourth-order valence-corrected chi connectivity index (χ4v) is 4.14. The number of para-hydroxylation sites is 1. The number of nitrogens with one attached hydrogen (secondary N) is 1. The quantitative estimate of drug-likeness (QED) is 0.723. The fourth-order valence-electron chi connectivity index (χ4n) is 2.98. The second-order valence-corrected chi connectivity index (χ2v) is 7.26. The number of hydrogen-bond donors (Lipinski definition) is 1. The summed E-state index contributed by atoms with van der Waals surface area (Å²) in [5, 5.41) is 4.01. The van der Waals surface area contributed by atoms with E-state index >= 15 is 0 Å². The van der Waals surface area contributed by atoms with E-state index in [1.54, 1.807) is 24.3 Å². The van der Waals surface area contributed by atoms with E-state index in [9.17, 15) is 9.59 Å². The molecular weight excluding hydrogens is 324 g/mol. The van der Waals surface area contributed by atoms with Gasteiger partial charge in [-0.2, -0.15) is 0 Å². The maximum absolute atomic E-state index is 12.5. The molecule has 4 rings (SSSR count). The van der Waals surface area contributed by atoms with E-state index in [2.05, 4.69) is 17.2 Å². The van der Waals surface area contributed by atoms with Gasteiger partial charge in [0.2, 0.25) is 0 Å². The van der Waals surface area contributed by atoms with E-state index in [4.69, 9.17) is 4.42 Å². The second-order valence-electron chi connectivity index (χ2n) is 6.18. The lowest BCUT2D eigenvalue weighted by molar-refractivity contribution is 0.102. The zero-order valence-corrected chi connectivity index (χ0v) is 14.0. The van der Waals surface area contributed by atoms with Crippen molar-refractivity contribution in [3.8, 4) is 0 Å². The number of carbonyl (C=O) groups excluding carboxylic acids is 1. The molecule has 24 heavy (non-hydrogen) atoms. The van der Waals surface area contributed by atoms with Gasteiger partial charge in [0.15, 0.2) is 5.13 Å². The van der Waals surface area contributed by atoms with Crippen LogP contribution in [-0.4, -0.2) is 10.9 Å². The Morgan fingerprint density at radius 1 is 1.38 bits per heavy atom. The minimum Gasteiger partial charge on any atom is -0.422 e. The monoisotopic (exact) mass is 340 g/mol. The van der Waals surface area contributed by atoms with Crippen molar-refractivity contribution in [2.24, 2.45) is 5.92 Å². The molecule has 1 atom stereocenters. The van der Waals surface area contributed by atoms with E-state index < -0.39 is 11.5 Å². The lowest BCUT2D eigenvalue weighted by atomic mass is 9.93. The van der Waals surface area contributed by atoms with Crippen LogP contribution in [0.5, 0.6) is 0 Å². The third-order valence-electron chi connectivity index (χ3n) is 4.29. The molecule has 0 spiro atoms. The molecule has 1 aromatic carbocycles. The third-order valence-corrected chi connectivity index (χ3v) is 5.33. The van der Waals surface area contributed by atoms with Crippen LogP contribution in [0.2, 0.25) is 0 Å². The van der Waals surface area contributed by atoms with Gasteiger partial charge in [-0.15, -0.1) is 11.3 Å². The first-order chi connectivity index (χ1) is 11.6. The zero-order valence-electron chi connectivity index (χ0n) is 13.2. The second kappa shape index (κ2) is 5.87. The van der Waals surface area contributed by atoms with Crippen molar-refractivity contribution in [3.63, 3.8) is 0 Å². The summed E-state index contributed by atoms with van der Waals surface area (Å²) in [6.07, 6.45) is 3.07. The molecule has 0 bridgehead atoms. The maximum atomic E-state index is 12.5. The molecule has 6 heteroatoms. The Morgan fingerprint density at radius 3 is 3.08 bits per heavy atom. The lowest BCUT2D eigenvalue weighted by Crippen LogP contribution is -2.20. The Kier molecular flexibility index (Phi) is 3.69. The van der Waals surface area contributed by atoms with Gasteiger partial charge < -0.3 is 4.42 Å². The summed E-state index contributed by atoms with van der Waals surface area (Å²) in [5.41, 5.74) is 0.896. The third kappa shape index (κ3) is 2.73. The molecule has 1 amide bonds. The molecule has 0 saturated heterocycles. The Bertz CT molecular complexity index is 989. The molecular formula is C18H16N2O3S. The molecule has 2 heterocycles. The Morgan fingerprint density at radius 2 is 2.21 bits per heavy atom. The van der Waals surface area contributed by atoms with Crippen LogP contribution in [0.4, 0.5) is 5.13 Å². The van der Waals surface area contributed by atoms with Crippen LogP contribution in [0.1, 0.15) is 34.3 Å². The summed E-state index contributed by atoms with van der Waals surface area (Å²) in [4.78, 5) is 30.2. The molecule has 5 nitrogen and oxygen atoms in total. The summed E-state index contributed by atoms with van der Waals surface area (Å²) < 4.78 is 5.21. The molecule has 0 aliphatic heterocycles. The van der Waals surface area contributed by atoms with E-state index in [1.807, 2.05) is 6.07 Å². The lowest BCUT2D eigenvalue weighted by Gasteiger charge is -2.15. The normalized spacial score (nSPS) is 16.8. The van der Waals surface area contributed by atoms with Gasteiger partial charge >= 0.3 is 5.63 Å². The number of hydrogen-bond acceptors (Lipinski definition) is 5. The predicted octanol–water partition coefficient (Wildman–Crippen LogP) is 3.63. The Balaban J connectivity index is 1.63. The highest BCUT2D eigenvalue weighted by molar-refractivity contribution is 7.15. The average molecular weight is 340 g/mol. The van der Waals surface area contributed by atoms with Crippen molar-refractivity contribution < 1.29 is 9.21 Å². The number of nitrogens with zero attached hydrogens (tertiary/aromatic N) is 1. The standard InChI is InChI=1S/C18H16N2O3S/c1-10-6-7-13-15(8-10)24-18(19-13)20-16(21)12-9-11-4-2-3-5-14(11)23-17(12)22/h2-5,9-10H,6-8H2,1H3,(H,19,20,21). The number of anilines is 1. The smallest absolute Gasteiger partial charge is 0.349 e. The van der Waals surface area contributed by atoms with Gasteiger partial charge in [-0.25, -0.2) is 9.78 Å². The largest absolute Gasteiger partial charge is 0.422 e. The van der Waals surface area contributed by atoms with Gasteiger partial charge in [0.05, 0.1) is 5.69 Å². The number of aryl methyl sites for hydroxylation is 1. The molecule has 2 aromatic heterocycles. The van der Waals surface area contributed by atoms with Crippen molar-refractivity contribution in [2.45, 2.75) is 26.2 Å². The van der Waals surface area contributed by atoms with Crippen LogP contribution in [0.15, 0.2) is 39.5 Å². The molecule has 1 aliphatic carbocycles. The summed E-state index contributed by atoms with van der Waals surface area (Å²) in [5.74, 6) is 0.169. The summed E-state index contributed by atoms with van der Waals surface area (Å²) in [6, 6.07) is 8.69. The van der Waals surface area contributed by atoms with Gasteiger partial charge in [-0.05, 0) is 37.3 Å². The van der Waals surface area contributed by atoms with Gasteiger partial charge in [-0.1, -0.05) is 25.1 Å². The van der Waals surface area contributed by atoms with Gasteiger partial charge in [0, 0.05) is 10.3 Å². The summed E-state index contributed by atoms with van der Waals surface area (Å²) >= 11 is 1.50. The van der Waals surface area contributed by atoms with E-state index in [0.717, 1.165) is 30.3 Å². The van der Waals surface area contributed by atoms with Gasteiger partial charge in [0.1, 0.15) is 11.1 Å². The van der Waals surface area contributed by atoms with Crippen LogP contribution in [0.3, 0.4) is 0 Å². The minimum absolute atomic E-state index is 0.00441. The van der Waals surface area contributed by atoms with Crippen LogP contribution in [0.25, 0.3) is 11.0 Å². The van der Waals surface area contributed by atoms with Crippen molar-refractivity contribution in [1.82, 2.24) is 4.98 Å². The SMILES string of the molecule is CC1CCc2nc(NC(=O)c3cc4ccccc4oc3=O)sc2C1.